The number of halogens is 3. The average Bonchev–Trinajstić information content (AvgIpc) is 2.73. The molecule has 1 aromatic carbocycles. The van der Waals surface area contributed by atoms with Crippen molar-refractivity contribution in [3.05, 3.63) is 52.4 Å². The van der Waals surface area contributed by atoms with Crippen molar-refractivity contribution in [3.63, 3.8) is 0 Å². The monoisotopic (exact) mass is 436 g/mol. The van der Waals surface area contributed by atoms with E-state index in [0.29, 0.717) is 61.6 Å². The van der Waals surface area contributed by atoms with E-state index in [-0.39, 0.29) is 17.4 Å². The van der Waals surface area contributed by atoms with Crippen LogP contribution in [0.2, 0.25) is 0 Å². The molecule has 2 heterocycles. The molecule has 0 bridgehead atoms. The molecule has 0 radical (unpaired) electrons. The zero-order valence-corrected chi connectivity index (χ0v) is 17.1. The lowest BCUT2D eigenvalue weighted by Gasteiger charge is -2.37. The number of hydrogen-bond acceptors (Lipinski definition) is 5. The topological polar surface area (TPSA) is 67.9 Å². The molecule has 6 nitrogen and oxygen atoms in total. The van der Waals surface area contributed by atoms with Gasteiger partial charge >= 0.3 is 6.36 Å². The van der Waals surface area contributed by atoms with E-state index in [4.69, 9.17) is 4.74 Å². The minimum atomic E-state index is -4.79. The number of benzene rings is 1. The van der Waals surface area contributed by atoms with Gasteiger partial charge in [-0.3, -0.25) is 9.59 Å². The van der Waals surface area contributed by atoms with Crippen molar-refractivity contribution < 1.29 is 32.2 Å². The molecule has 4 rings (SSSR count). The molecule has 1 aromatic rings. The first-order valence-corrected chi connectivity index (χ1v) is 10.2. The van der Waals surface area contributed by atoms with E-state index in [9.17, 15) is 22.8 Å². The van der Waals surface area contributed by atoms with Crippen molar-refractivity contribution in [1.29, 1.82) is 0 Å². The first-order valence-electron chi connectivity index (χ1n) is 10.2. The zero-order valence-electron chi connectivity index (χ0n) is 17.1. The minimum Gasteiger partial charge on any atom is -0.406 e. The molecular formula is C22H23F3N2O4. The van der Waals surface area contributed by atoms with Crippen molar-refractivity contribution in [2.24, 2.45) is 0 Å². The van der Waals surface area contributed by atoms with Crippen LogP contribution in [0.25, 0.3) is 0 Å². The summed E-state index contributed by atoms with van der Waals surface area (Å²) in [6.45, 7) is 3.56. The SMILES string of the molecule is CC1=C(C(=O)N2CCOCC2)[C@H](c2ccc(OC(F)(F)F)cc2)C2=C(CCCC2=O)N1. The molecule has 166 valence electrons. The average molecular weight is 436 g/mol. The highest BCUT2D eigenvalue weighted by Crippen LogP contribution is 2.43. The Labute approximate surface area is 177 Å². The maximum Gasteiger partial charge on any atom is 0.573 e. The summed E-state index contributed by atoms with van der Waals surface area (Å²) >= 11 is 0. The molecule has 1 fully saturated rings. The fraction of sp³-hybridized carbons (Fsp3) is 0.455. The molecule has 1 amide bonds. The summed E-state index contributed by atoms with van der Waals surface area (Å²) < 4.78 is 46.9. The quantitative estimate of drug-likeness (QED) is 0.787. The Bertz CT molecular complexity index is 944. The van der Waals surface area contributed by atoms with E-state index < -0.39 is 12.3 Å². The van der Waals surface area contributed by atoms with Crippen LogP contribution in [0.3, 0.4) is 0 Å². The van der Waals surface area contributed by atoms with Gasteiger partial charge in [-0.05, 0) is 37.5 Å². The van der Waals surface area contributed by atoms with Gasteiger partial charge in [0, 0.05) is 48.0 Å². The number of morpholine rings is 1. The summed E-state index contributed by atoms with van der Waals surface area (Å²) in [7, 11) is 0. The van der Waals surface area contributed by atoms with Crippen molar-refractivity contribution in [2.45, 2.75) is 38.5 Å². The van der Waals surface area contributed by atoms with E-state index in [0.717, 1.165) is 12.1 Å². The molecule has 31 heavy (non-hydrogen) atoms. The number of nitrogens with one attached hydrogen (secondary N) is 1. The van der Waals surface area contributed by atoms with Gasteiger partial charge in [0.05, 0.1) is 13.2 Å². The molecule has 3 aliphatic rings. The Morgan fingerprint density at radius 1 is 1.16 bits per heavy atom. The maximum absolute atomic E-state index is 13.4. The van der Waals surface area contributed by atoms with Gasteiger partial charge in [-0.15, -0.1) is 13.2 Å². The summed E-state index contributed by atoms with van der Waals surface area (Å²) in [6, 6.07) is 5.40. The fourth-order valence-corrected chi connectivity index (χ4v) is 4.40. The van der Waals surface area contributed by atoms with Crippen LogP contribution in [-0.2, 0) is 14.3 Å². The highest BCUT2D eigenvalue weighted by Gasteiger charge is 2.40. The van der Waals surface area contributed by atoms with Crippen LogP contribution in [0.15, 0.2) is 46.8 Å². The van der Waals surface area contributed by atoms with Crippen LogP contribution in [-0.4, -0.2) is 49.3 Å². The van der Waals surface area contributed by atoms with Crippen LogP contribution < -0.4 is 10.1 Å². The number of nitrogens with zero attached hydrogens (tertiary/aromatic N) is 1. The number of ketones is 1. The second-order valence-corrected chi connectivity index (χ2v) is 7.79. The van der Waals surface area contributed by atoms with Gasteiger partial charge in [0.2, 0.25) is 0 Å². The van der Waals surface area contributed by atoms with Crippen LogP contribution in [0.5, 0.6) is 5.75 Å². The van der Waals surface area contributed by atoms with E-state index in [1.165, 1.54) is 24.3 Å². The van der Waals surface area contributed by atoms with Crippen molar-refractivity contribution in [3.8, 4) is 5.75 Å². The summed E-state index contributed by atoms with van der Waals surface area (Å²) in [5, 5.41) is 3.25. The molecule has 1 aliphatic carbocycles. The van der Waals surface area contributed by atoms with E-state index >= 15 is 0 Å². The number of amides is 1. The predicted molar refractivity (Wildman–Crippen MR) is 105 cm³/mol. The van der Waals surface area contributed by atoms with Crippen molar-refractivity contribution in [2.75, 3.05) is 26.3 Å². The molecule has 1 atom stereocenters. The van der Waals surface area contributed by atoms with Crippen LogP contribution in [0, 0.1) is 0 Å². The van der Waals surface area contributed by atoms with Crippen molar-refractivity contribution >= 4 is 11.7 Å². The van der Waals surface area contributed by atoms with Gasteiger partial charge in [-0.25, -0.2) is 0 Å². The number of alkyl halides is 3. The smallest absolute Gasteiger partial charge is 0.406 e. The summed E-state index contributed by atoms with van der Waals surface area (Å²) in [5.74, 6) is -1.23. The van der Waals surface area contributed by atoms with Crippen molar-refractivity contribution in [1.82, 2.24) is 10.2 Å². The van der Waals surface area contributed by atoms with Gasteiger partial charge in [0.15, 0.2) is 5.78 Å². The standard InChI is InChI=1S/C22H23F3N2O4/c1-13-18(21(29)27-9-11-30-12-10-27)19(20-16(26-13)3-2-4-17(20)28)14-5-7-15(8-6-14)31-22(23,24)25/h5-8,19,26H,2-4,9-12H2,1H3/t19-/m0/s1. The molecule has 1 saturated heterocycles. The normalized spacial score (nSPS) is 22.3. The van der Waals surface area contributed by atoms with E-state index in [1.807, 2.05) is 0 Å². The van der Waals surface area contributed by atoms with Crippen LogP contribution >= 0.6 is 0 Å². The van der Waals surface area contributed by atoms with Gasteiger partial charge in [0.1, 0.15) is 5.75 Å². The molecule has 0 unspecified atom stereocenters. The number of hydrogen-bond donors (Lipinski definition) is 1. The number of ether oxygens (including phenoxy) is 2. The molecule has 1 N–H and O–H groups in total. The third-order valence-corrected chi connectivity index (χ3v) is 5.75. The van der Waals surface area contributed by atoms with E-state index in [2.05, 4.69) is 10.1 Å². The Hall–Kier alpha value is -2.81. The van der Waals surface area contributed by atoms with E-state index in [1.54, 1.807) is 11.8 Å². The van der Waals surface area contributed by atoms with Gasteiger partial charge in [-0.2, -0.15) is 0 Å². The third-order valence-electron chi connectivity index (χ3n) is 5.75. The Morgan fingerprint density at radius 2 is 1.84 bits per heavy atom. The summed E-state index contributed by atoms with van der Waals surface area (Å²) in [5.41, 5.74) is 2.99. The molecule has 0 aromatic heterocycles. The third kappa shape index (κ3) is 4.46. The molecule has 0 saturated carbocycles. The lowest BCUT2D eigenvalue weighted by molar-refractivity contribution is -0.274. The van der Waals surface area contributed by atoms with Crippen LogP contribution in [0.4, 0.5) is 13.2 Å². The molecular weight excluding hydrogens is 413 g/mol. The van der Waals surface area contributed by atoms with Gasteiger partial charge in [-0.1, -0.05) is 12.1 Å². The van der Waals surface area contributed by atoms with Gasteiger partial charge < -0.3 is 19.7 Å². The molecule has 0 spiro atoms. The molecule has 2 aliphatic heterocycles. The maximum atomic E-state index is 13.4. The fourth-order valence-electron chi connectivity index (χ4n) is 4.40. The van der Waals surface area contributed by atoms with Gasteiger partial charge in [0.25, 0.3) is 5.91 Å². The van der Waals surface area contributed by atoms with Crippen LogP contribution in [0.1, 0.15) is 37.7 Å². The molecule has 9 heteroatoms. The number of allylic oxidation sites excluding steroid dienone is 3. The number of carbonyl (C=O) groups excluding carboxylic acids is 2. The Kier molecular flexibility index (Phi) is 5.79. The Balaban J connectivity index is 1.74. The largest absolute Gasteiger partial charge is 0.573 e. The summed E-state index contributed by atoms with van der Waals surface area (Å²) in [4.78, 5) is 28.0. The lowest BCUT2D eigenvalue weighted by Crippen LogP contribution is -2.44. The summed E-state index contributed by atoms with van der Waals surface area (Å²) in [6.07, 6.45) is -3.01. The first kappa shape index (κ1) is 21.4. The highest BCUT2D eigenvalue weighted by molar-refractivity contribution is 6.05. The predicted octanol–water partition coefficient (Wildman–Crippen LogP) is 3.41. The Morgan fingerprint density at radius 3 is 2.48 bits per heavy atom. The zero-order chi connectivity index (χ0) is 22.2. The highest BCUT2D eigenvalue weighted by atomic mass is 19.4. The second-order valence-electron chi connectivity index (χ2n) is 7.79. The second kappa shape index (κ2) is 8.37. The number of dihydropyridines is 1. The number of rotatable bonds is 3. The minimum absolute atomic E-state index is 0.0471. The lowest BCUT2D eigenvalue weighted by atomic mass is 9.75. The number of Topliss-reactive ketones (excluding diaryl/α,β-unsaturated/α-hetero) is 1. The number of carbonyl (C=O) groups is 2. The first-order chi connectivity index (χ1) is 14.7.